The molecule has 0 aliphatic carbocycles. The van der Waals surface area contributed by atoms with Crippen LogP contribution in [0.5, 0.6) is 0 Å². The van der Waals surface area contributed by atoms with Crippen molar-refractivity contribution in [3.63, 3.8) is 0 Å². The Morgan fingerprint density at radius 3 is 2.72 bits per heavy atom. The van der Waals surface area contributed by atoms with Gasteiger partial charge >= 0.3 is 0 Å². The Bertz CT molecular complexity index is 728. The number of aliphatic hydroxyl groups excluding tert-OH is 2. The Morgan fingerprint density at radius 1 is 1.40 bits per heavy atom. The zero-order chi connectivity index (χ0) is 18.6. The fourth-order valence-corrected chi connectivity index (χ4v) is 2.30. The van der Waals surface area contributed by atoms with Gasteiger partial charge < -0.3 is 25.0 Å². The van der Waals surface area contributed by atoms with Crippen LogP contribution in [0.1, 0.15) is 25.6 Å². The Hall–Kier alpha value is -2.07. The zero-order valence-electron chi connectivity index (χ0n) is 14.9. The predicted molar refractivity (Wildman–Crippen MR) is 92.9 cm³/mol. The van der Waals surface area contributed by atoms with E-state index in [-0.39, 0.29) is 6.61 Å². The fraction of sp³-hybridized carbons (Fsp3) is 0.562. The summed E-state index contributed by atoms with van der Waals surface area (Å²) in [6, 6.07) is 3.50. The quantitative estimate of drug-likeness (QED) is 0.457. The number of aromatic nitrogens is 3. The van der Waals surface area contributed by atoms with Gasteiger partial charge in [0.1, 0.15) is 23.5 Å². The van der Waals surface area contributed by atoms with E-state index >= 15 is 0 Å². The van der Waals surface area contributed by atoms with Gasteiger partial charge in [0.15, 0.2) is 5.82 Å². The first-order chi connectivity index (χ1) is 11.8. The Labute approximate surface area is 146 Å². The molecule has 0 radical (unpaired) electrons. The highest BCUT2D eigenvalue weighted by molar-refractivity contribution is 5.70. The molecule has 2 rings (SSSR count). The van der Waals surface area contributed by atoms with Crippen molar-refractivity contribution < 1.29 is 20.1 Å². The van der Waals surface area contributed by atoms with E-state index in [2.05, 4.69) is 15.1 Å². The maximum absolute atomic E-state index is 10.6. The highest BCUT2D eigenvalue weighted by Gasteiger charge is 2.37. The number of aliphatic hydroxyl groups is 3. The number of fused-ring (bicyclic) bond motifs is 1. The predicted octanol–water partition coefficient (Wildman–Crippen LogP) is 0.132. The maximum atomic E-state index is 10.6. The summed E-state index contributed by atoms with van der Waals surface area (Å²) in [4.78, 5) is 10.2. The van der Waals surface area contributed by atoms with Crippen molar-refractivity contribution in [2.75, 3.05) is 27.3 Å². The molecule has 2 heterocycles. The molecule has 3 atom stereocenters. The van der Waals surface area contributed by atoms with Crippen molar-refractivity contribution in [1.82, 2.24) is 19.5 Å². The van der Waals surface area contributed by atoms with Crippen LogP contribution < -0.4 is 0 Å². The van der Waals surface area contributed by atoms with E-state index in [9.17, 15) is 15.3 Å². The topological polar surface area (TPSA) is 116 Å². The lowest BCUT2D eigenvalue weighted by Gasteiger charge is -2.32. The molecular formula is C16H25N5O4. The zero-order valence-corrected chi connectivity index (χ0v) is 14.9. The van der Waals surface area contributed by atoms with Crippen LogP contribution in [0.15, 0.2) is 23.5 Å². The van der Waals surface area contributed by atoms with Crippen LogP contribution >= 0.6 is 0 Å². The highest BCUT2D eigenvalue weighted by atomic mass is 16.5. The third kappa shape index (κ3) is 4.31. The second-order valence-electron chi connectivity index (χ2n) is 6.37. The molecule has 0 amide bonds. The van der Waals surface area contributed by atoms with Gasteiger partial charge in [-0.1, -0.05) is 0 Å². The summed E-state index contributed by atoms with van der Waals surface area (Å²) >= 11 is 0. The standard InChI is InChI=1S/C16H25N5O4/c1-11(7-22)25-14(16(2,24)8-23)12-5-6-13-15(18-10-20(3)4)17-9-19-21(12)13/h5-6,9-11,14,22-24H,7-8H2,1-4H3/b18-10+/t11?,14-,16+/m0/s1. The van der Waals surface area contributed by atoms with E-state index in [0.29, 0.717) is 17.0 Å². The van der Waals surface area contributed by atoms with Gasteiger partial charge in [0, 0.05) is 14.1 Å². The summed E-state index contributed by atoms with van der Waals surface area (Å²) in [5.74, 6) is 0.465. The number of nitrogens with zero attached hydrogens (tertiary/aromatic N) is 5. The van der Waals surface area contributed by atoms with Crippen LogP contribution in [-0.4, -0.2) is 80.2 Å². The number of hydrogen-bond donors (Lipinski definition) is 3. The minimum absolute atomic E-state index is 0.214. The van der Waals surface area contributed by atoms with Crippen LogP contribution in [0.4, 0.5) is 5.82 Å². The molecule has 0 spiro atoms. The molecular weight excluding hydrogens is 326 g/mol. The average Bonchev–Trinajstić information content (AvgIpc) is 3.01. The molecule has 25 heavy (non-hydrogen) atoms. The lowest BCUT2D eigenvalue weighted by molar-refractivity contribution is -0.152. The van der Waals surface area contributed by atoms with Crippen molar-refractivity contribution in [3.05, 3.63) is 24.2 Å². The first-order valence-electron chi connectivity index (χ1n) is 7.93. The van der Waals surface area contributed by atoms with Gasteiger partial charge in [-0.05, 0) is 26.0 Å². The van der Waals surface area contributed by atoms with Crippen molar-refractivity contribution in [3.8, 4) is 0 Å². The maximum Gasteiger partial charge on any atom is 0.181 e. The molecule has 0 saturated carbocycles. The van der Waals surface area contributed by atoms with Crippen molar-refractivity contribution in [1.29, 1.82) is 0 Å². The smallest absolute Gasteiger partial charge is 0.181 e. The highest BCUT2D eigenvalue weighted by Crippen LogP contribution is 2.32. The van der Waals surface area contributed by atoms with Gasteiger partial charge in [0.05, 0.1) is 31.4 Å². The summed E-state index contributed by atoms with van der Waals surface area (Å²) < 4.78 is 7.32. The number of aliphatic imine (C=N–C) groups is 1. The van der Waals surface area contributed by atoms with Gasteiger partial charge in [-0.2, -0.15) is 5.10 Å². The molecule has 0 aromatic carbocycles. The van der Waals surface area contributed by atoms with Crippen LogP contribution in [0.25, 0.3) is 5.52 Å². The van der Waals surface area contributed by atoms with E-state index in [1.807, 2.05) is 14.1 Å². The SMILES string of the molecule is CC(CO)O[C@@H](c1ccc2c(/N=C/N(C)C)ncnn12)[C@](C)(O)CO. The second kappa shape index (κ2) is 7.87. The summed E-state index contributed by atoms with van der Waals surface area (Å²) in [5, 5.41) is 33.6. The Balaban J connectivity index is 2.52. The number of ether oxygens (including phenoxy) is 1. The molecule has 9 heteroatoms. The normalized spacial score (nSPS) is 16.9. The third-order valence-electron chi connectivity index (χ3n) is 3.65. The molecule has 2 aromatic rings. The van der Waals surface area contributed by atoms with E-state index in [4.69, 9.17) is 4.74 Å². The molecule has 0 aliphatic heterocycles. The van der Waals surface area contributed by atoms with E-state index in [0.717, 1.165) is 0 Å². The lowest BCUT2D eigenvalue weighted by Crippen LogP contribution is -2.41. The van der Waals surface area contributed by atoms with Crippen molar-refractivity contribution >= 4 is 17.7 Å². The Kier molecular flexibility index (Phi) is 6.07. The third-order valence-corrected chi connectivity index (χ3v) is 3.65. The number of hydrogen-bond acceptors (Lipinski definition) is 7. The summed E-state index contributed by atoms with van der Waals surface area (Å²) in [5.41, 5.74) is -0.400. The monoisotopic (exact) mass is 351 g/mol. The van der Waals surface area contributed by atoms with E-state index < -0.39 is 24.4 Å². The average molecular weight is 351 g/mol. The van der Waals surface area contributed by atoms with Crippen LogP contribution in [0.2, 0.25) is 0 Å². The molecule has 3 N–H and O–H groups in total. The van der Waals surface area contributed by atoms with Crippen LogP contribution in [0.3, 0.4) is 0 Å². The first kappa shape index (κ1) is 19.3. The van der Waals surface area contributed by atoms with Gasteiger partial charge in [0.2, 0.25) is 0 Å². The summed E-state index contributed by atoms with van der Waals surface area (Å²) in [7, 11) is 3.70. The van der Waals surface area contributed by atoms with Gasteiger partial charge in [0.25, 0.3) is 0 Å². The lowest BCUT2D eigenvalue weighted by atomic mass is 9.97. The van der Waals surface area contributed by atoms with Crippen molar-refractivity contribution in [2.45, 2.75) is 31.7 Å². The number of rotatable bonds is 8. The molecule has 1 unspecified atom stereocenters. The van der Waals surface area contributed by atoms with Gasteiger partial charge in [-0.25, -0.2) is 14.5 Å². The minimum Gasteiger partial charge on any atom is -0.394 e. The molecule has 0 saturated heterocycles. The molecule has 2 aromatic heterocycles. The first-order valence-corrected chi connectivity index (χ1v) is 7.93. The minimum atomic E-state index is -1.56. The fourth-order valence-electron chi connectivity index (χ4n) is 2.30. The van der Waals surface area contributed by atoms with Crippen LogP contribution in [0, 0.1) is 0 Å². The summed E-state index contributed by atoms with van der Waals surface area (Å²) in [6.45, 7) is 2.42. The van der Waals surface area contributed by atoms with E-state index in [1.54, 1.807) is 34.8 Å². The van der Waals surface area contributed by atoms with Gasteiger partial charge in [-0.15, -0.1) is 0 Å². The largest absolute Gasteiger partial charge is 0.394 e. The van der Waals surface area contributed by atoms with Gasteiger partial charge in [-0.3, -0.25) is 0 Å². The molecule has 9 nitrogen and oxygen atoms in total. The second-order valence-corrected chi connectivity index (χ2v) is 6.37. The van der Waals surface area contributed by atoms with Crippen molar-refractivity contribution in [2.24, 2.45) is 4.99 Å². The summed E-state index contributed by atoms with van der Waals surface area (Å²) in [6.07, 6.45) is 1.56. The van der Waals surface area contributed by atoms with E-state index in [1.165, 1.54) is 13.3 Å². The molecule has 0 bridgehead atoms. The molecule has 138 valence electrons. The Morgan fingerprint density at radius 2 is 2.12 bits per heavy atom. The molecule has 0 fully saturated rings. The van der Waals surface area contributed by atoms with Crippen LogP contribution in [-0.2, 0) is 4.74 Å². The molecule has 0 aliphatic rings.